The van der Waals surface area contributed by atoms with Crippen molar-refractivity contribution in [2.45, 2.75) is 39.4 Å². The first kappa shape index (κ1) is 16.5. The highest BCUT2D eigenvalue weighted by Crippen LogP contribution is 2.31. The number of rotatable bonds is 3. The summed E-state index contributed by atoms with van der Waals surface area (Å²) in [4.78, 5) is 11.9. The SMILES string of the molecule is CC(C(=O)OC(C)(C)C)C(O)c1ccc(Cl)cc1Br. The molecule has 1 rings (SSSR count). The number of carbonyl (C=O) groups excluding carboxylic acids is 1. The molecule has 0 aliphatic rings. The minimum absolute atomic E-state index is 0.429. The zero-order chi connectivity index (χ0) is 14.8. The third-order valence-electron chi connectivity index (χ3n) is 2.53. The molecule has 0 radical (unpaired) electrons. The number of esters is 1. The number of hydrogen-bond acceptors (Lipinski definition) is 3. The Morgan fingerprint density at radius 1 is 1.42 bits per heavy atom. The van der Waals surface area contributed by atoms with Gasteiger partial charge in [-0.2, -0.15) is 0 Å². The maximum absolute atomic E-state index is 11.9. The molecule has 106 valence electrons. The fourth-order valence-corrected chi connectivity index (χ4v) is 2.45. The Bertz CT molecular complexity index is 468. The molecule has 3 nitrogen and oxygen atoms in total. The quantitative estimate of drug-likeness (QED) is 0.835. The normalized spacial score (nSPS) is 14.9. The molecule has 0 aliphatic heterocycles. The lowest BCUT2D eigenvalue weighted by atomic mass is 9.97. The van der Waals surface area contributed by atoms with Crippen LogP contribution in [0.25, 0.3) is 0 Å². The molecule has 5 heteroatoms. The van der Waals surface area contributed by atoms with Crippen molar-refractivity contribution in [3.8, 4) is 0 Å². The molecule has 0 saturated heterocycles. The van der Waals surface area contributed by atoms with Crippen molar-refractivity contribution >= 4 is 33.5 Å². The molecule has 19 heavy (non-hydrogen) atoms. The number of aliphatic hydroxyl groups excluding tert-OH is 1. The van der Waals surface area contributed by atoms with Crippen LogP contribution in [-0.2, 0) is 9.53 Å². The standard InChI is InChI=1S/C14H18BrClO3/c1-8(13(18)19-14(2,3)4)12(17)10-6-5-9(16)7-11(10)15/h5-8,12,17H,1-4H3. The second-order valence-corrected chi connectivity index (χ2v) is 6.72. The Balaban J connectivity index is 2.87. The van der Waals surface area contributed by atoms with Gasteiger partial charge in [-0.1, -0.05) is 33.6 Å². The van der Waals surface area contributed by atoms with E-state index >= 15 is 0 Å². The largest absolute Gasteiger partial charge is 0.460 e. The summed E-state index contributed by atoms with van der Waals surface area (Å²) >= 11 is 9.18. The van der Waals surface area contributed by atoms with E-state index < -0.39 is 23.6 Å². The predicted molar refractivity (Wildman–Crippen MR) is 79.1 cm³/mol. The summed E-state index contributed by atoms with van der Waals surface area (Å²) in [5, 5.41) is 10.8. The zero-order valence-corrected chi connectivity index (χ0v) is 13.7. The molecule has 2 unspecified atom stereocenters. The monoisotopic (exact) mass is 348 g/mol. The van der Waals surface area contributed by atoms with E-state index in [2.05, 4.69) is 15.9 Å². The van der Waals surface area contributed by atoms with Gasteiger partial charge >= 0.3 is 5.97 Å². The van der Waals surface area contributed by atoms with E-state index in [4.69, 9.17) is 16.3 Å². The lowest BCUT2D eigenvalue weighted by Gasteiger charge is -2.25. The molecule has 0 spiro atoms. The Labute approximate surface area is 127 Å². The predicted octanol–water partition coefficient (Wildman–Crippen LogP) is 4.11. The van der Waals surface area contributed by atoms with Gasteiger partial charge in [0.2, 0.25) is 0 Å². The van der Waals surface area contributed by atoms with Gasteiger partial charge in [0, 0.05) is 9.50 Å². The highest BCUT2D eigenvalue weighted by Gasteiger charge is 2.29. The molecule has 1 N–H and O–H groups in total. The second kappa shape index (κ2) is 6.25. The van der Waals surface area contributed by atoms with Crippen LogP contribution in [0, 0.1) is 5.92 Å². The van der Waals surface area contributed by atoms with Crippen molar-refractivity contribution in [2.24, 2.45) is 5.92 Å². The molecule has 0 aliphatic carbocycles. The lowest BCUT2D eigenvalue weighted by molar-refractivity contribution is -0.163. The lowest BCUT2D eigenvalue weighted by Crippen LogP contribution is -2.30. The molecule has 0 aromatic heterocycles. The first-order chi connectivity index (χ1) is 8.61. The van der Waals surface area contributed by atoms with Gasteiger partial charge in [0.05, 0.1) is 12.0 Å². The van der Waals surface area contributed by atoms with Gasteiger partial charge in [0.1, 0.15) is 5.60 Å². The summed E-state index contributed by atoms with van der Waals surface area (Å²) in [6.45, 7) is 7.02. The Kier molecular flexibility index (Phi) is 5.42. The van der Waals surface area contributed by atoms with E-state index in [1.807, 2.05) is 0 Å². The smallest absolute Gasteiger partial charge is 0.312 e. The topological polar surface area (TPSA) is 46.5 Å². The fraction of sp³-hybridized carbons (Fsp3) is 0.500. The van der Waals surface area contributed by atoms with Crippen LogP contribution >= 0.6 is 27.5 Å². The van der Waals surface area contributed by atoms with Crippen LogP contribution < -0.4 is 0 Å². The van der Waals surface area contributed by atoms with E-state index in [9.17, 15) is 9.90 Å². The third-order valence-corrected chi connectivity index (χ3v) is 3.46. The Morgan fingerprint density at radius 2 is 2.00 bits per heavy atom. The van der Waals surface area contributed by atoms with Gasteiger partial charge in [0.15, 0.2) is 0 Å². The van der Waals surface area contributed by atoms with E-state index in [1.165, 1.54) is 0 Å². The summed E-state index contributed by atoms with van der Waals surface area (Å²) in [6.07, 6.45) is -0.943. The van der Waals surface area contributed by atoms with Crippen molar-refractivity contribution in [1.82, 2.24) is 0 Å². The highest BCUT2D eigenvalue weighted by atomic mass is 79.9. The van der Waals surface area contributed by atoms with Gasteiger partial charge in [-0.05, 0) is 45.4 Å². The maximum atomic E-state index is 11.9. The summed E-state index contributed by atoms with van der Waals surface area (Å²) in [6, 6.07) is 5.05. The molecule has 0 fully saturated rings. The molecule has 1 aromatic carbocycles. The van der Waals surface area contributed by atoms with Gasteiger partial charge < -0.3 is 9.84 Å². The number of hydrogen-bond donors (Lipinski definition) is 1. The molecule has 0 saturated carbocycles. The molecular formula is C14H18BrClO3. The minimum atomic E-state index is -0.943. The summed E-state index contributed by atoms with van der Waals surface area (Å²) in [5.74, 6) is -1.08. The number of aliphatic hydroxyl groups is 1. The molecule has 0 amide bonds. The average molecular weight is 350 g/mol. The van der Waals surface area contributed by atoms with Gasteiger partial charge in [-0.3, -0.25) is 4.79 Å². The zero-order valence-electron chi connectivity index (χ0n) is 11.4. The number of halogens is 2. The molecule has 1 aromatic rings. The van der Waals surface area contributed by atoms with Crippen LogP contribution in [0.1, 0.15) is 39.4 Å². The van der Waals surface area contributed by atoms with Crippen LogP contribution in [0.2, 0.25) is 5.02 Å². The molecule has 2 atom stereocenters. The second-order valence-electron chi connectivity index (χ2n) is 5.43. The van der Waals surface area contributed by atoms with E-state index in [-0.39, 0.29) is 0 Å². The van der Waals surface area contributed by atoms with Gasteiger partial charge in [-0.15, -0.1) is 0 Å². The first-order valence-corrected chi connectivity index (χ1v) is 7.15. The Hall–Kier alpha value is -0.580. The van der Waals surface area contributed by atoms with Crippen LogP contribution in [0.15, 0.2) is 22.7 Å². The number of benzene rings is 1. The summed E-state index contributed by atoms with van der Waals surface area (Å²) < 4.78 is 5.93. The maximum Gasteiger partial charge on any atom is 0.312 e. The number of carbonyl (C=O) groups is 1. The van der Waals surface area contributed by atoms with Crippen LogP contribution in [-0.4, -0.2) is 16.7 Å². The van der Waals surface area contributed by atoms with E-state index in [0.717, 1.165) is 0 Å². The third kappa shape index (κ3) is 4.79. The van der Waals surface area contributed by atoms with Crippen molar-refractivity contribution in [1.29, 1.82) is 0 Å². The molecular weight excluding hydrogens is 332 g/mol. The average Bonchev–Trinajstić information content (AvgIpc) is 2.24. The molecule has 0 heterocycles. The summed E-state index contributed by atoms with van der Waals surface area (Å²) in [5.41, 5.74) is 0.0465. The summed E-state index contributed by atoms with van der Waals surface area (Å²) in [7, 11) is 0. The van der Waals surface area contributed by atoms with Gasteiger partial charge in [0.25, 0.3) is 0 Å². The van der Waals surface area contributed by atoms with Crippen LogP contribution in [0.5, 0.6) is 0 Å². The van der Waals surface area contributed by atoms with Crippen molar-refractivity contribution in [3.63, 3.8) is 0 Å². The van der Waals surface area contributed by atoms with Gasteiger partial charge in [-0.25, -0.2) is 0 Å². The van der Waals surface area contributed by atoms with Crippen LogP contribution in [0.3, 0.4) is 0 Å². The molecule has 0 bridgehead atoms. The van der Waals surface area contributed by atoms with Crippen LogP contribution in [0.4, 0.5) is 0 Å². The Morgan fingerprint density at radius 3 is 2.47 bits per heavy atom. The minimum Gasteiger partial charge on any atom is -0.460 e. The highest BCUT2D eigenvalue weighted by molar-refractivity contribution is 9.10. The fourth-order valence-electron chi connectivity index (χ4n) is 1.53. The van der Waals surface area contributed by atoms with Crippen molar-refractivity contribution in [2.75, 3.05) is 0 Å². The number of ether oxygens (including phenoxy) is 1. The first-order valence-electron chi connectivity index (χ1n) is 5.97. The van der Waals surface area contributed by atoms with E-state index in [1.54, 1.807) is 45.9 Å². The van der Waals surface area contributed by atoms with E-state index in [0.29, 0.717) is 15.1 Å². The van der Waals surface area contributed by atoms with Crippen molar-refractivity contribution in [3.05, 3.63) is 33.3 Å². The van der Waals surface area contributed by atoms with Crippen molar-refractivity contribution < 1.29 is 14.6 Å².